The van der Waals surface area contributed by atoms with Crippen LogP contribution in [0.4, 0.5) is 37.7 Å². The van der Waals surface area contributed by atoms with Gasteiger partial charge >= 0.3 is 5.97 Å². The van der Waals surface area contributed by atoms with Crippen LogP contribution in [0.25, 0.3) is 0 Å². The van der Waals surface area contributed by atoms with Crippen LogP contribution in [0.1, 0.15) is 89.7 Å². The average molecular weight is 852 g/mol. The van der Waals surface area contributed by atoms with Crippen LogP contribution in [0.3, 0.4) is 0 Å². The summed E-state index contributed by atoms with van der Waals surface area (Å²) in [5.41, 5.74) is -2.66. The first-order valence-electron chi connectivity index (χ1n) is 18.3. The number of hydrogen-bond donors (Lipinski definition) is 4. The average Bonchev–Trinajstić information content (AvgIpc) is 3.30. The highest BCUT2D eigenvalue weighted by molar-refractivity contribution is 7.86. The van der Waals surface area contributed by atoms with Gasteiger partial charge in [-0.2, -0.15) is 21.2 Å². The van der Waals surface area contributed by atoms with E-state index < -0.39 is 94.7 Å². The number of anilines is 1. The number of carboxylic acids is 1. The van der Waals surface area contributed by atoms with Gasteiger partial charge < -0.3 is 15.3 Å². The first kappa shape index (κ1) is 47.4. The van der Waals surface area contributed by atoms with Crippen molar-refractivity contribution >= 4 is 37.6 Å². The Morgan fingerprint density at radius 2 is 1.46 bits per heavy atom. The van der Waals surface area contributed by atoms with Crippen LogP contribution in [0, 0.1) is 34.9 Å². The van der Waals surface area contributed by atoms with E-state index >= 15 is 13.2 Å². The van der Waals surface area contributed by atoms with E-state index in [1.54, 1.807) is 30.9 Å². The van der Waals surface area contributed by atoms with Crippen molar-refractivity contribution in [2.75, 3.05) is 29.5 Å². The molecular formula is C39H49F6N2O8S2+. The molecule has 1 unspecified atom stereocenters. The number of nitrogens with two attached hydrogens (primary N) is 1. The van der Waals surface area contributed by atoms with Crippen LogP contribution in [0.15, 0.2) is 60.4 Å². The van der Waals surface area contributed by atoms with E-state index in [0.29, 0.717) is 37.2 Å². The molecule has 2 aromatic rings. The molecule has 0 radical (unpaired) electrons. The van der Waals surface area contributed by atoms with Crippen molar-refractivity contribution in [2.45, 2.75) is 89.4 Å². The number of carbonyl (C=O) groups is 1. The minimum Gasteiger partial charge on any atom is -0.481 e. The molecule has 57 heavy (non-hydrogen) atoms. The van der Waals surface area contributed by atoms with Crippen molar-refractivity contribution < 1.29 is 67.5 Å². The van der Waals surface area contributed by atoms with Crippen LogP contribution in [-0.2, 0) is 35.9 Å². The van der Waals surface area contributed by atoms with E-state index in [1.165, 1.54) is 31.2 Å². The molecule has 0 fully saturated rings. The summed E-state index contributed by atoms with van der Waals surface area (Å²) in [7, 11) is -8.70. The molecule has 0 spiro atoms. The highest BCUT2D eigenvalue weighted by Crippen LogP contribution is 2.49. The first-order valence-corrected chi connectivity index (χ1v) is 21.5. The molecule has 0 aliphatic carbocycles. The largest absolute Gasteiger partial charge is 0.481 e. The maximum atomic E-state index is 15.8. The maximum absolute atomic E-state index is 15.8. The Kier molecular flexibility index (Phi) is 16.3. The molecule has 5 N–H and O–H groups in total. The Morgan fingerprint density at radius 1 is 0.842 bits per heavy atom. The Hall–Kier alpha value is -3.97. The lowest BCUT2D eigenvalue weighted by atomic mass is 9.71. The lowest BCUT2D eigenvalue weighted by Gasteiger charge is -2.32. The maximum Gasteiger partial charge on any atom is 0.303 e. The zero-order valence-electron chi connectivity index (χ0n) is 31.9. The number of unbranched alkanes of at least 4 members (excludes halogenated alkanes) is 4. The summed E-state index contributed by atoms with van der Waals surface area (Å²) in [6.07, 6.45) is 8.74. The minimum atomic E-state index is -4.39. The van der Waals surface area contributed by atoms with Crippen LogP contribution < -0.4 is 10.2 Å². The summed E-state index contributed by atoms with van der Waals surface area (Å²) in [5, 5.41) is 10.0. The molecule has 0 saturated carbocycles. The number of carboxylic acid groups (broad SMARTS) is 1. The van der Waals surface area contributed by atoms with Crippen molar-refractivity contribution in [1.82, 2.24) is 0 Å². The molecule has 316 valence electrons. The highest BCUT2D eigenvalue weighted by Gasteiger charge is 2.43. The van der Waals surface area contributed by atoms with Crippen LogP contribution in [-0.4, -0.2) is 61.6 Å². The number of allylic oxidation sites excluding steroid dienone is 7. The Balaban J connectivity index is 2.00. The van der Waals surface area contributed by atoms with Gasteiger partial charge in [0, 0.05) is 41.1 Å². The highest BCUT2D eigenvalue weighted by atomic mass is 32.2. The molecule has 1 heterocycles. The molecule has 0 bridgehead atoms. The van der Waals surface area contributed by atoms with Gasteiger partial charge in [-0.05, 0) is 56.2 Å². The van der Waals surface area contributed by atoms with Gasteiger partial charge in [0.25, 0.3) is 20.2 Å². The topological polar surface area (TPSA) is 166 Å². The molecule has 3 rings (SSSR count). The predicted molar refractivity (Wildman–Crippen MR) is 204 cm³/mol. The fraction of sp³-hybridized carbons (Fsp3) is 0.462. The second-order valence-electron chi connectivity index (χ2n) is 14.7. The molecule has 0 amide bonds. The summed E-state index contributed by atoms with van der Waals surface area (Å²) >= 11 is 0. The van der Waals surface area contributed by atoms with E-state index in [-0.39, 0.29) is 56.2 Å². The van der Waals surface area contributed by atoms with Gasteiger partial charge in [0.05, 0.1) is 29.3 Å². The number of aliphatic carboxylic acids is 1. The minimum absolute atomic E-state index is 0.0189. The predicted octanol–water partition coefficient (Wildman–Crippen LogP) is 7.70. The summed E-state index contributed by atoms with van der Waals surface area (Å²) < 4.78 is 154. The molecule has 0 aromatic heterocycles. The molecule has 2 aromatic carbocycles. The number of rotatable bonds is 22. The van der Waals surface area contributed by atoms with Crippen LogP contribution in [0.2, 0.25) is 0 Å². The number of halogens is 6. The smallest absolute Gasteiger partial charge is 0.303 e. The van der Waals surface area contributed by atoms with Gasteiger partial charge in [-0.25, -0.2) is 22.0 Å². The van der Waals surface area contributed by atoms with Gasteiger partial charge in [-0.3, -0.25) is 13.9 Å². The number of quaternary nitrogens is 1. The third kappa shape index (κ3) is 12.5. The SMILES string of the molecule is C=C(C=CC=CC=C1N(CCCCCC(=O)O)c2cc(F)cc(F)c2C1(C)C)C(C)(CCCCS(=O)(=O)O)c1c(F)c(F)c(F)c(F)c1[NH2+]CCCCS(=O)(=O)O. The van der Waals surface area contributed by atoms with Crippen molar-refractivity contribution in [2.24, 2.45) is 0 Å². The quantitative estimate of drug-likeness (QED) is 0.0177. The number of benzene rings is 2. The zero-order valence-corrected chi connectivity index (χ0v) is 33.6. The van der Waals surface area contributed by atoms with E-state index in [0.717, 1.165) is 11.4 Å². The van der Waals surface area contributed by atoms with Gasteiger partial charge in [0.2, 0.25) is 11.6 Å². The number of nitrogens with zero attached hydrogens (tertiary/aromatic N) is 1. The second kappa shape index (κ2) is 19.7. The molecule has 1 aliphatic rings. The van der Waals surface area contributed by atoms with Gasteiger partial charge in [-0.1, -0.05) is 64.5 Å². The summed E-state index contributed by atoms with van der Waals surface area (Å²) in [5.74, 6) is -11.3. The Morgan fingerprint density at radius 3 is 2.07 bits per heavy atom. The third-order valence-corrected chi connectivity index (χ3v) is 11.6. The lowest BCUT2D eigenvalue weighted by Crippen LogP contribution is -2.79. The Bertz CT molecular complexity index is 2140. The second-order valence-corrected chi connectivity index (χ2v) is 17.8. The molecule has 0 saturated heterocycles. The standard InChI is InChI=1S/C39H48F6N2O8S2/c1-25(15-7-5-8-16-29-38(2,3)31-27(41)23-26(40)24-28(31)47(29)20-12-6-9-17-30(48)49)39(4,18-10-13-21-56(50,51)52)32-33(42)34(43)35(44)36(45)37(32)46-19-11-14-22-57(53,54)55/h5,7-8,15-16,23-24,46H,1,6,9-14,17-22H2,2-4H3,(H,48,49)(H,50,51,52)(H,53,54,55)/p+1. The van der Waals surface area contributed by atoms with E-state index in [4.69, 9.17) is 9.66 Å². The van der Waals surface area contributed by atoms with Gasteiger partial charge in [-0.15, -0.1) is 0 Å². The van der Waals surface area contributed by atoms with Crippen LogP contribution in [0.5, 0.6) is 0 Å². The normalized spacial score (nSPS) is 16.2. The van der Waals surface area contributed by atoms with Crippen LogP contribution >= 0.6 is 0 Å². The van der Waals surface area contributed by atoms with Crippen molar-refractivity contribution in [3.63, 3.8) is 0 Å². The molecule has 10 nitrogen and oxygen atoms in total. The van der Waals surface area contributed by atoms with Crippen molar-refractivity contribution in [3.8, 4) is 0 Å². The summed E-state index contributed by atoms with van der Waals surface area (Å²) in [6.45, 7) is 9.12. The summed E-state index contributed by atoms with van der Waals surface area (Å²) in [6, 6.07) is 2.03. The van der Waals surface area contributed by atoms with E-state index in [9.17, 15) is 39.4 Å². The third-order valence-electron chi connectivity index (χ3n) is 10.0. The molecular weight excluding hydrogens is 803 g/mol. The fourth-order valence-corrected chi connectivity index (χ4v) is 8.22. The number of hydrogen-bond acceptors (Lipinski definition) is 6. The van der Waals surface area contributed by atoms with Crippen molar-refractivity contribution in [1.29, 1.82) is 0 Å². The van der Waals surface area contributed by atoms with E-state index in [2.05, 4.69) is 6.58 Å². The lowest BCUT2D eigenvalue weighted by molar-refractivity contribution is -0.574. The van der Waals surface area contributed by atoms with Crippen molar-refractivity contribution in [3.05, 3.63) is 106 Å². The fourth-order valence-electron chi connectivity index (χ4n) is 7.08. The monoisotopic (exact) mass is 851 g/mol. The van der Waals surface area contributed by atoms with E-state index in [1.807, 2.05) is 0 Å². The molecule has 1 aliphatic heterocycles. The zero-order chi connectivity index (χ0) is 42.9. The van der Waals surface area contributed by atoms with Gasteiger partial charge in [0.15, 0.2) is 17.3 Å². The summed E-state index contributed by atoms with van der Waals surface area (Å²) in [4.78, 5) is 12.7. The first-order chi connectivity index (χ1) is 26.4. The Labute approximate surface area is 329 Å². The number of fused-ring (bicyclic) bond motifs is 1. The van der Waals surface area contributed by atoms with Gasteiger partial charge in [0.1, 0.15) is 11.6 Å². The molecule has 18 heteroatoms. The molecule has 1 atom stereocenters.